The quantitative estimate of drug-likeness (QED) is 0.103. The zero-order valence-electron chi connectivity index (χ0n) is 29.3. The van der Waals surface area contributed by atoms with Crippen LogP contribution in [0, 0.1) is 0 Å². The summed E-state index contributed by atoms with van der Waals surface area (Å²) in [6.45, 7) is 0. The fourth-order valence-electron chi connectivity index (χ4n) is 6.34. The largest absolute Gasteiger partial charge is 0.356 e. The highest BCUT2D eigenvalue weighted by Crippen LogP contribution is 2.28. The van der Waals surface area contributed by atoms with Crippen molar-refractivity contribution in [3.63, 3.8) is 0 Å². The van der Waals surface area contributed by atoms with Crippen molar-refractivity contribution in [2.45, 2.75) is 6.42 Å². The van der Waals surface area contributed by atoms with Crippen molar-refractivity contribution in [3.8, 4) is 22.3 Å². The van der Waals surface area contributed by atoms with E-state index in [0.29, 0.717) is 0 Å². The number of anilines is 8. The van der Waals surface area contributed by atoms with Crippen LogP contribution in [0.15, 0.2) is 206 Å². The predicted octanol–water partition coefficient (Wildman–Crippen LogP) is 13.6. The number of hydrogen-bond acceptors (Lipinski definition) is 4. The van der Waals surface area contributed by atoms with E-state index in [1.54, 1.807) is 0 Å². The van der Waals surface area contributed by atoms with Crippen LogP contribution in [0.5, 0.6) is 0 Å². The topological polar surface area (TPSA) is 48.1 Å². The second-order valence-electron chi connectivity index (χ2n) is 13.1. The molecule has 0 heterocycles. The Labute approximate surface area is 311 Å². The Balaban J connectivity index is 0.812. The summed E-state index contributed by atoms with van der Waals surface area (Å²) in [5.74, 6) is 0. The molecule has 4 nitrogen and oxygen atoms in total. The molecule has 0 atom stereocenters. The lowest BCUT2D eigenvalue weighted by Crippen LogP contribution is -1.94. The number of nitrogens with one attached hydrogen (secondary N) is 4. The van der Waals surface area contributed by atoms with Crippen molar-refractivity contribution < 1.29 is 0 Å². The normalized spacial score (nSPS) is 10.7. The van der Waals surface area contributed by atoms with Gasteiger partial charge in [0.25, 0.3) is 0 Å². The molecule has 0 saturated carbocycles. The first-order valence-electron chi connectivity index (χ1n) is 18.0. The summed E-state index contributed by atoms with van der Waals surface area (Å²) in [5.41, 5.74) is 15.9. The van der Waals surface area contributed by atoms with Crippen molar-refractivity contribution in [3.05, 3.63) is 217 Å². The maximum Gasteiger partial charge on any atom is 0.0384 e. The Kier molecular flexibility index (Phi) is 9.93. The summed E-state index contributed by atoms with van der Waals surface area (Å²) >= 11 is 0. The first-order valence-corrected chi connectivity index (χ1v) is 18.0. The number of para-hydroxylation sites is 2. The SMILES string of the molecule is c1ccc(Nc2ccc(-c3ccc(Nc4ccc(Cc5ccc(Nc6ccc(-c7ccc(Nc8ccccc8)cc7)cc6)cc5)cc4)cc3)cc2)cc1. The van der Waals surface area contributed by atoms with Gasteiger partial charge < -0.3 is 21.3 Å². The van der Waals surface area contributed by atoms with Crippen LogP contribution in [0.3, 0.4) is 0 Å². The third-order valence-corrected chi connectivity index (χ3v) is 9.22. The van der Waals surface area contributed by atoms with E-state index in [1.165, 1.54) is 33.4 Å². The van der Waals surface area contributed by atoms with E-state index in [4.69, 9.17) is 0 Å². The predicted molar refractivity (Wildman–Crippen MR) is 225 cm³/mol. The molecule has 4 heteroatoms. The van der Waals surface area contributed by atoms with Gasteiger partial charge in [-0.2, -0.15) is 0 Å². The first kappa shape index (κ1) is 33.1. The van der Waals surface area contributed by atoms with Crippen LogP contribution in [-0.2, 0) is 6.42 Å². The van der Waals surface area contributed by atoms with E-state index < -0.39 is 0 Å². The average Bonchev–Trinajstić information content (AvgIpc) is 3.21. The Morgan fingerprint density at radius 3 is 0.660 bits per heavy atom. The van der Waals surface area contributed by atoms with E-state index in [0.717, 1.165) is 51.9 Å². The molecule has 0 radical (unpaired) electrons. The van der Waals surface area contributed by atoms with E-state index in [1.807, 2.05) is 36.4 Å². The molecule has 0 bridgehead atoms. The van der Waals surface area contributed by atoms with Gasteiger partial charge in [-0.1, -0.05) is 109 Å². The Morgan fingerprint density at radius 2 is 0.415 bits per heavy atom. The lowest BCUT2D eigenvalue weighted by atomic mass is 10.0. The molecule has 256 valence electrons. The maximum absolute atomic E-state index is 3.54. The molecule has 8 aromatic rings. The van der Waals surface area contributed by atoms with Gasteiger partial charge >= 0.3 is 0 Å². The van der Waals surface area contributed by atoms with E-state index >= 15 is 0 Å². The molecule has 0 spiro atoms. The minimum Gasteiger partial charge on any atom is -0.356 e. The molecule has 0 aliphatic carbocycles. The summed E-state index contributed by atoms with van der Waals surface area (Å²) in [6.07, 6.45) is 0.878. The van der Waals surface area contributed by atoms with Crippen molar-refractivity contribution in [1.29, 1.82) is 0 Å². The van der Waals surface area contributed by atoms with Gasteiger partial charge in [-0.15, -0.1) is 0 Å². The van der Waals surface area contributed by atoms with Crippen molar-refractivity contribution in [1.82, 2.24) is 0 Å². The highest BCUT2D eigenvalue weighted by atomic mass is 14.9. The molecule has 8 rings (SSSR count). The van der Waals surface area contributed by atoms with E-state index in [2.05, 4.69) is 191 Å². The third-order valence-electron chi connectivity index (χ3n) is 9.22. The molecule has 53 heavy (non-hydrogen) atoms. The summed E-state index contributed by atoms with van der Waals surface area (Å²) in [4.78, 5) is 0. The molecule has 0 amide bonds. The fourth-order valence-corrected chi connectivity index (χ4v) is 6.34. The van der Waals surface area contributed by atoms with Gasteiger partial charge in [-0.25, -0.2) is 0 Å². The van der Waals surface area contributed by atoms with Gasteiger partial charge in [-0.05, 0) is 137 Å². The molecule has 4 N–H and O–H groups in total. The van der Waals surface area contributed by atoms with Crippen LogP contribution in [0.4, 0.5) is 45.5 Å². The monoisotopic (exact) mass is 684 g/mol. The van der Waals surface area contributed by atoms with Crippen LogP contribution in [0.1, 0.15) is 11.1 Å². The van der Waals surface area contributed by atoms with Crippen molar-refractivity contribution in [2.24, 2.45) is 0 Å². The fraction of sp³-hybridized carbons (Fsp3) is 0.0204. The van der Waals surface area contributed by atoms with Gasteiger partial charge in [0, 0.05) is 45.5 Å². The zero-order chi connectivity index (χ0) is 35.7. The van der Waals surface area contributed by atoms with Crippen LogP contribution in [0.25, 0.3) is 22.3 Å². The summed E-state index contributed by atoms with van der Waals surface area (Å²) < 4.78 is 0. The molecule has 8 aromatic carbocycles. The molecule has 0 unspecified atom stereocenters. The number of hydrogen-bond donors (Lipinski definition) is 4. The molecule has 0 aliphatic rings. The first-order chi connectivity index (χ1) is 26.2. The molecule has 0 aliphatic heterocycles. The molecular formula is C49H40N4. The van der Waals surface area contributed by atoms with Crippen LogP contribution < -0.4 is 21.3 Å². The maximum atomic E-state index is 3.54. The highest BCUT2D eigenvalue weighted by Gasteiger charge is 2.04. The van der Waals surface area contributed by atoms with Crippen LogP contribution in [-0.4, -0.2) is 0 Å². The van der Waals surface area contributed by atoms with Crippen LogP contribution >= 0.6 is 0 Å². The Bertz CT molecular complexity index is 2160. The van der Waals surface area contributed by atoms with Gasteiger partial charge in [0.15, 0.2) is 0 Å². The standard InChI is InChI=1S/C49H40N4/c1-3-7-42(8-4-1)50-46-27-15-38(16-28-46)40-19-31-48(32-20-40)52-44-23-11-36(12-24-44)35-37-13-25-45(26-14-37)53-49-33-21-41(22-34-49)39-17-29-47(30-18-39)51-43-9-5-2-6-10-43/h1-34,50-53H,35H2. The zero-order valence-corrected chi connectivity index (χ0v) is 29.3. The van der Waals surface area contributed by atoms with E-state index in [9.17, 15) is 0 Å². The molecule has 0 fully saturated rings. The number of benzene rings is 8. The Morgan fingerprint density at radius 1 is 0.208 bits per heavy atom. The Hall–Kier alpha value is -7.04. The van der Waals surface area contributed by atoms with Crippen LogP contribution in [0.2, 0.25) is 0 Å². The van der Waals surface area contributed by atoms with Crippen molar-refractivity contribution in [2.75, 3.05) is 21.3 Å². The van der Waals surface area contributed by atoms with Crippen molar-refractivity contribution >= 4 is 45.5 Å². The van der Waals surface area contributed by atoms with Gasteiger partial charge in [-0.3, -0.25) is 0 Å². The minimum absolute atomic E-state index is 0.878. The minimum atomic E-state index is 0.878. The lowest BCUT2D eigenvalue weighted by molar-refractivity contribution is 1.19. The number of rotatable bonds is 12. The molecule has 0 saturated heterocycles. The average molecular weight is 685 g/mol. The third kappa shape index (κ3) is 8.83. The van der Waals surface area contributed by atoms with E-state index in [-0.39, 0.29) is 0 Å². The highest BCUT2D eigenvalue weighted by molar-refractivity contribution is 5.73. The smallest absolute Gasteiger partial charge is 0.0384 e. The van der Waals surface area contributed by atoms with Gasteiger partial charge in [0.1, 0.15) is 0 Å². The second-order valence-corrected chi connectivity index (χ2v) is 13.1. The van der Waals surface area contributed by atoms with Gasteiger partial charge in [0.05, 0.1) is 0 Å². The summed E-state index contributed by atoms with van der Waals surface area (Å²) in [7, 11) is 0. The molecule has 0 aromatic heterocycles. The second kappa shape index (κ2) is 15.9. The summed E-state index contributed by atoms with van der Waals surface area (Å²) in [5, 5.41) is 14.0. The summed E-state index contributed by atoms with van der Waals surface area (Å²) in [6, 6.07) is 72.1. The van der Waals surface area contributed by atoms with Gasteiger partial charge in [0.2, 0.25) is 0 Å². The molecular weight excluding hydrogens is 645 g/mol. The lowest BCUT2D eigenvalue weighted by Gasteiger charge is -2.11.